The largest absolute Gasteiger partial charge is 0.477 e. The van der Waals surface area contributed by atoms with Crippen molar-refractivity contribution in [3.8, 4) is 0 Å². The van der Waals surface area contributed by atoms with Crippen molar-refractivity contribution in [1.82, 2.24) is 9.97 Å². The minimum Gasteiger partial charge on any atom is -0.477 e. The third-order valence-electron chi connectivity index (χ3n) is 2.62. The van der Waals surface area contributed by atoms with E-state index in [1.165, 1.54) is 6.07 Å². The Balaban J connectivity index is 2.27. The molecule has 2 rings (SSSR count). The number of aromatic carboxylic acids is 1. The fourth-order valence-corrected chi connectivity index (χ4v) is 1.80. The first-order valence-corrected chi connectivity index (χ1v) is 6.09. The molecule has 0 fully saturated rings. The lowest BCUT2D eigenvalue weighted by atomic mass is 10.2. The van der Waals surface area contributed by atoms with Gasteiger partial charge in [0, 0.05) is 24.4 Å². The van der Waals surface area contributed by atoms with Crippen molar-refractivity contribution in [2.24, 2.45) is 0 Å². The first-order valence-electron chi connectivity index (χ1n) is 5.71. The topological polar surface area (TPSA) is 118 Å². The molecule has 2 aromatic rings. The number of benzene rings is 1. The molecule has 1 heterocycles. The highest BCUT2D eigenvalue weighted by atomic mass is 35.5. The van der Waals surface area contributed by atoms with Gasteiger partial charge in [-0.3, -0.25) is 10.1 Å². The Bertz CT molecular complexity index is 707. The summed E-state index contributed by atoms with van der Waals surface area (Å²) in [4.78, 5) is 28.8. The number of nitrogens with zero attached hydrogens (tertiary/aromatic N) is 3. The Morgan fingerprint density at radius 3 is 2.81 bits per heavy atom. The molecular formula is C12H9ClN4O4. The predicted octanol–water partition coefficient (Wildman–Crippen LogP) is 2.35. The van der Waals surface area contributed by atoms with Crippen LogP contribution in [0.2, 0.25) is 5.28 Å². The van der Waals surface area contributed by atoms with Gasteiger partial charge in [-0.05, 0) is 11.6 Å². The summed E-state index contributed by atoms with van der Waals surface area (Å²) in [5, 5.41) is 22.5. The van der Waals surface area contributed by atoms with Crippen LogP contribution in [0.5, 0.6) is 0 Å². The number of carboxylic acids is 1. The second kappa shape index (κ2) is 6.14. The summed E-state index contributed by atoms with van der Waals surface area (Å²) >= 11 is 5.62. The molecule has 0 aliphatic rings. The molecule has 0 aliphatic carbocycles. The van der Waals surface area contributed by atoms with Gasteiger partial charge in [0.2, 0.25) is 5.28 Å². The smallest absolute Gasteiger partial charge is 0.341 e. The lowest BCUT2D eigenvalue weighted by molar-refractivity contribution is -0.385. The molecule has 1 aromatic carbocycles. The first-order chi connectivity index (χ1) is 9.99. The number of nitrogens with one attached hydrogen (secondary N) is 1. The number of nitro benzene ring substituents is 1. The SMILES string of the molecule is O=C(O)c1cnc(Cl)nc1NCc1ccccc1[N+](=O)[O-]. The molecule has 0 amide bonds. The van der Waals surface area contributed by atoms with E-state index in [-0.39, 0.29) is 28.9 Å². The average molecular weight is 309 g/mol. The fraction of sp³-hybridized carbons (Fsp3) is 0.0833. The third kappa shape index (κ3) is 3.42. The number of hydrogen-bond acceptors (Lipinski definition) is 6. The molecule has 0 radical (unpaired) electrons. The Kier molecular flexibility index (Phi) is 4.29. The normalized spacial score (nSPS) is 10.1. The number of aromatic nitrogens is 2. The van der Waals surface area contributed by atoms with Crippen LogP contribution in [0, 0.1) is 10.1 Å². The number of rotatable bonds is 5. The average Bonchev–Trinajstić information content (AvgIpc) is 2.45. The second-order valence-electron chi connectivity index (χ2n) is 3.95. The zero-order chi connectivity index (χ0) is 15.4. The number of carboxylic acid groups (broad SMARTS) is 1. The maximum atomic E-state index is 11.0. The van der Waals surface area contributed by atoms with Gasteiger partial charge in [-0.2, -0.15) is 4.98 Å². The van der Waals surface area contributed by atoms with E-state index < -0.39 is 10.9 Å². The van der Waals surface area contributed by atoms with Crippen LogP contribution in [0.1, 0.15) is 15.9 Å². The van der Waals surface area contributed by atoms with Crippen LogP contribution in [0.3, 0.4) is 0 Å². The Morgan fingerprint density at radius 2 is 2.14 bits per heavy atom. The van der Waals surface area contributed by atoms with Gasteiger partial charge in [-0.1, -0.05) is 18.2 Å². The van der Waals surface area contributed by atoms with Crippen molar-refractivity contribution in [2.45, 2.75) is 6.54 Å². The Hall–Kier alpha value is -2.74. The lowest BCUT2D eigenvalue weighted by Crippen LogP contribution is -2.10. The van der Waals surface area contributed by atoms with Gasteiger partial charge in [0.05, 0.1) is 4.92 Å². The van der Waals surface area contributed by atoms with Crippen molar-refractivity contribution in [1.29, 1.82) is 0 Å². The number of anilines is 1. The van der Waals surface area contributed by atoms with Gasteiger partial charge in [-0.15, -0.1) is 0 Å². The zero-order valence-electron chi connectivity index (χ0n) is 10.5. The van der Waals surface area contributed by atoms with Gasteiger partial charge in [0.1, 0.15) is 11.4 Å². The first kappa shape index (κ1) is 14.7. The molecule has 108 valence electrons. The highest BCUT2D eigenvalue weighted by Gasteiger charge is 2.16. The van der Waals surface area contributed by atoms with E-state index in [4.69, 9.17) is 16.7 Å². The van der Waals surface area contributed by atoms with E-state index in [2.05, 4.69) is 15.3 Å². The van der Waals surface area contributed by atoms with Crippen LogP contribution in [-0.2, 0) is 6.54 Å². The number of hydrogen-bond donors (Lipinski definition) is 2. The van der Waals surface area contributed by atoms with Crippen LogP contribution < -0.4 is 5.32 Å². The van der Waals surface area contributed by atoms with E-state index in [9.17, 15) is 14.9 Å². The van der Waals surface area contributed by atoms with Gasteiger partial charge in [0.25, 0.3) is 5.69 Å². The highest BCUT2D eigenvalue weighted by molar-refractivity contribution is 6.28. The quantitative estimate of drug-likeness (QED) is 0.494. The van der Waals surface area contributed by atoms with Crippen LogP contribution in [0.25, 0.3) is 0 Å². The molecule has 9 heteroatoms. The molecule has 0 aliphatic heterocycles. The number of para-hydroxylation sites is 1. The summed E-state index contributed by atoms with van der Waals surface area (Å²) < 4.78 is 0. The molecule has 0 unspecified atom stereocenters. The summed E-state index contributed by atoms with van der Waals surface area (Å²) in [5.74, 6) is -1.22. The molecule has 2 N–H and O–H groups in total. The molecule has 0 atom stereocenters. The van der Waals surface area contributed by atoms with Crippen molar-refractivity contribution in [3.05, 3.63) is 57.0 Å². The van der Waals surface area contributed by atoms with Crippen molar-refractivity contribution < 1.29 is 14.8 Å². The van der Waals surface area contributed by atoms with Crippen molar-refractivity contribution >= 4 is 29.1 Å². The Morgan fingerprint density at radius 1 is 1.43 bits per heavy atom. The summed E-state index contributed by atoms with van der Waals surface area (Å²) in [6.45, 7) is 0.0325. The molecule has 0 saturated carbocycles. The van der Waals surface area contributed by atoms with Gasteiger partial charge < -0.3 is 10.4 Å². The van der Waals surface area contributed by atoms with Gasteiger partial charge in [0.15, 0.2) is 0 Å². The lowest BCUT2D eigenvalue weighted by Gasteiger charge is -2.08. The van der Waals surface area contributed by atoms with E-state index in [0.29, 0.717) is 5.56 Å². The van der Waals surface area contributed by atoms with Gasteiger partial charge >= 0.3 is 5.97 Å². The molecule has 8 nitrogen and oxygen atoms in total. The van der Waals surface area contributed by atoms with Crippen LogP contribution >= 0.6 is 11.6 Å². The van der Waals surface area contributed by atoms with E-state index >= 15 is 0 Å². The van der Waals surface area contributed by atoms with Crippen molar-refractivity contribution in [3.63, 3.8) is 0 Å². The molecule has 1 aromatic heterocycles. The molecule has 0 saturated heterocycles. The molecule has 0 spiro atoms. The van der Waals surface area contributed by atoms with Crippen molar-refractivity contribution in [2.75, 3.05) is 5.32 Å². The Labute approximate surface area is 123 Å². The van der Waals surface area contributed by atoms with E-state index in [0.717, 1.165) is 6.20 Å². The minimum atomic E-state index is -1.23. The molecular weight excluding hydrogens is 300 g/mol. The number of halogens is 1. The highest BCUT2D eigenvalue weighted by Crippen LogP contribution is 2.20. The third-order valence-corrected chi connectivity index (χ3v) is 2.81. The van der Waals surface area contributed by atoms with Gasteiger partial charge in [-0.25, -0.2) is 9.78 Å². The summed E-state index contributed by atoms with van der Waals surface area (Å²) in [5.41, 5.74) is 0.161. The predicted molar refractivity (Wildman–Crippen MR) is 74.4 cm³/mol. The van der Waals surface area contributed by atoms with E-state index in [1.54, 1.807) is 18.2 Å². The van der Waals surface area contributed by atoms with Crippen LogP contribution in [0.15, 0.2) is 30.5 Å². The number of carbonyl (C=O) groups is 1. The van der Waals surface area contributed by atoms with Crippen LogP contribution in [0.4, 0.5) is 11.5 Å². The fourth-order valence-electron chi connectivity index (χ4n) is 1.67. The van der Waals surface area contributed by atoms with Crippen LogP contribution in [-0.4, -0.2) is 26.0 Å². The summed E-state index contributed by atoms with van der Waals surface area (Å²) in [6.07, 6.45) is 1.07. The molecule has 21 heavy (non-hydrogen) atoms. The minimum absolute atomic E-state index is 0.000603. The number of nitro groups is 1. The summed E-state index contributed by atoms with van der Waals surface area (Å²) in [6, 6.07) is 6.12. The maximum absolute atomic E-state index is 11.0. The second-order valence-corrected chi connectivity index (χ2v) is 4.28. The summed E-state index contributed by atoms with van der Waals surface area (Å²) in [7, 11) is 0. The standard InChI is InChI=1S/C12H9ClN4O4/c13-12-15-6-8(11(18)19)10(16-12)14-5-7-3-1-2-4-9(7)17(20)21/h1-4,6H,5H2,(H,18,19)(H,14,15,16). The molecule has 0 bridgehead atoms. The monoisotopic (exact) mass is 308 g/mol. The maximum Gasteiger partial charge on any atom is 0.341 e. The zero-order valence-corrected chi connectivity index (χ0v) is 11.2. The van der Waals surface area contributed by atoms with E-state index in [1.807, 2.05) is 0 Å².